The average Bonchev–Trinajstić information content (AvgIpc) is 3.14. The lowest BCUT2D eigenvalue weighted by atomic mass is 10.1. The molecule has 2 heterocycles. The molecule has 0 spiro atoms. The molecule has 8 heteroatoms. The number of morpholine rings is 1. The highest BCUT2D eigenvalue weighted by Gasteiger charge is 2.31. The zero-order chi connectivity index (χ0) is 24.9. The number of amides is 1. The number of hydrogen-bond donors (Lipinski definition) is 1. The van der Waals surface area contributed by atoms with E-state index < -0.39 is 0 Å². The smallest absolute Gasteiger partial charge is 0.220 e. The van der Waals surface area contributed by atoms with E-state index in [0.29, 0.717) is 5.82 Å². The van der Waals surface area contributed by atoms with Gasteiger partial charge in [-0.15, -0.1) is 0 Å². The van der Waals surface area contributed by atoms with Crippen LogP contribution in [-0.2, 0) is 14.3 Å². The van der Waals surface area contributed by atoms with Crippen LogP contribution in [0.4, 0.5) is 17.1 Å². The Labute approximate surface area is 206 Å². The van der Waals surface area contributed by atoms with Crippen LogP contribution in [0.15, 0.2) is 59.9 Å². The third kappa shape index (κ3) is 5.15. The fourth-order valence-corrected chi connectivity index (χ4v) is 4.60. The summed E-state index contributed by atoms with van der Waals surface area (Å²) in [6.45, 7) is 5.13. The van der Waals surface area contributed by atoms with Crippen LogP contribution in [0.25, 0.3) is 0 Å². The molecule has 1 amide bonds. The van der Waals surface area contributed by atoms with Gasteiger partial charge in [0.05, 0.1) is 30.6 Å². The second-order valence-corrected chi connectivity index (χ2v) is 8.82. The number of nitriles is 1. The van der Waals surface area contributed by atoms with Gasteiger partial charge in [0.15, 0.2) is 5.78 Å². The first-order chi connectivity index (χ1) is 16.9. The molecule has 0 saturated carbocycles. The maximum Gasteiger partial charge on any atom is 0.220 e. The summed E-state index contributed by atoms with van der Waals surface area (Å²) in [7, 11) is 3.67. The number of anilines is 3. The Balaban J connectivity index is 1.34. The number of para-hydroxylation sites is 2. The van der Waals surface area contributed by atoms with Crippen molar-refractivity contribution in [1.82, 2.24) is 5.32 Å². The van der Waals surface area contributed by atoms with Gasteiger partial charge in [0.2, 0.25) is 5.91 Å². The zero-order valence-corrected chi connectivity index (χ0v) is 20.5. The van der Waals surface area contributed by atoms with Gasteiger partial charge in [-0.2, -0.15) is 5.26 Å². The number of ketones is 1. The molecule has 182 valence electrons. The van der Waals surface area contributed by atoms with Crippen LogP contribution in [0.3, 0.4) is 0 Å². The standard InChI is InChI=1S/C27H31N5O3/c1-19(20-8-10-21(11-9-20)32-14-16-35-17-15-32)29-26(34)13-12-25(33)22(18-28)27-30(2)23-6-4-5-7-24(23)31(27)3/h4-11,19H,12-17H2,1-3H3,(H,29,34). The van der Waals surface area contributed by atoms with Crippen molar-refractivity contribution in [2.75, 3.05) is 55.1 Å². The maximum absolute atomic E-state index is 12.9. The van der Waals surface area contributed by atoms with Crippen LogP contribution in [0.1, 0.15) is 31.4 Å². The molecule has 1 N–H and O–H groups in total. The van der Waals surface area contributed by atoms with Crippen LogP contribution >= 0.6 is 0 Å². The molecule has 2 aliphatic heterocycles. The van der Waals surface area contributed by atoms with Crippen molar-refractivity contribution in [3.63, 3.8) is 0 Å². The Bertz CT molecular complexity index is 1130. The molecule has 0 aliphatic carbocycles. The fraction of sp³-hybridized carbons (Fsp3) is 0.370. The van der Waals surface area contributed by atoms with E-state index in [2.05, 4.69) is 28.4 Å². The second kappa shape index (κ2) is 10.6. The molecule has 8 nitrogen and oxygen atoms in total. The van der Waals surface area contributed by atoms with Crippen LogP contribution < -0.4 is 20.0 Å². The zero-order valence-electron chi connectivity index (χ0n) is 20.5. The summed E-state index contributed by atoms with van der Waals surface area (Å²) in [5, 5.41) is 12.7. The lowest BCUT2D eigenvalue weighted by Crippen LogP contribution is -2.36. The summed E-state index contributed by atoms with van der Waals surface area (Å²) >= 11 is 0. The number of nitrogens with zero attached hydrogens (tertiary/aromatic N) is 4. The monoisotopic (exact) mass is 473 g/mol. The highest BCUT2D eigenvalue weighted by atomic mass is 16.5. The second-order valence-electron chi connectivity index (χ2n) is 8.82. The number of nitrogens with one attached hydrogen (secondary N) is 1. The van der Waals surface area contributed by atoms with Crippen LogP contribution in [0.5, 0.6) is 0 Å². The maximum atomic E-state index is 12.9. The first-order valence-corrected chi connectivity index (χ1v) is 11.9. The van der Waals surface area contributed by atoms with E-state index in [1.165, 1.54) is 0 Å². The van der Waals surface area contributed by atoms with Crippen molar-refractivity contribution in [2.24, 2.45) is 0 Å². The van der Waals surface area contributed by atoms with Crippen molar-refractivity contribution in [1.29, 1.82) is 5.26 Å². The van der Waals surface area contributed by atoms with Crippen LogP contribution in [0.2, 0.25) is 0 Å². The van der Waals surface area contributed by atoms with Crippen molar-refractivity contribution in [3.8, 4) is 6.07 Å². The summed E-state index contributed by atoms with van der Waals surface area (Å²) in [5.41, 5.74) is 4.05. The van der Waals surface area contributed by atoms with E-state index in [-0.39, 0.29) is 36.1 Å². The first-order valence-electron chi connectivity index (χ1n) is 11.9. The Hall–Kier alpha value is -3.83. The summed E-state index contributed by atoms with van der Waals surface area (Å²) in [4.78, 5) is 31.5. The number of benzene rings is 2. The number of Topliss-reactive ketones (excluding diaryl/α,β-unsaturated/α-hetero) is 1. The van der Waals surface area contributed by atoms with E-state index in [0.717, 1.165) is 48.9 Å². The van der Waals surface area contributed by atoms with Crippen molar-refractivity contribution >= 4 is 28.8 Å². The van der Waals surface area contributed by atoms with Crippen LogP contribution in [0, 0.1) is 11.3 Å². The number of carbonyl (C=O) groups is 2. The molecule has 1 saturated heterocycles. The molecule has 1 unspecified atom stereocenters. The Morgan fingerprint density at radius 2 is 1.60 bits per heavy atom. The van der Waals surface area contributed by atoms with Crippen molar-refractivity contribution < 1.29 is 14.3 Å². The third-order valence-electron chi connectivity index (χ3n) is 6.58. The molecule has 0 radical (unpaired) electrons. The molecule has 0 aromatic heterocycles. The number of hydrogen-bond acceptors (Lipinski definition) is 7. The highest BCUT2D eigenvalue weighted by Crippen LogP contribution is 2.40. The van der Waals surface area contributed by atoms with Gasteiger partial charge in [-0.05, 0) is 36.8 Å². The molecule has 2 aromatic rings. The average molecular weight is 474 g/mol. The molecular formula is C27H31N5O3. The summed E-state index contributed by atoms with van der Waals surface area (Å²) in [6.07, 6.45) is -0.00713. The topological polar surface area (TPSA) is 88.9 Å². The molecule has 1 atom stereocenters. The SMILES string of the molecule is CC(NC(=O)CCC(=O)C(C#N)=C1N(C)c2ccccc2N1C)c1ccc(N2CCOCC2)cc1. The fourth-order valence-electron chi connectivity index (χ4n) is 4.60. The predicted molar refractivity (Wildman–Crippen MR) is 136 cm³/mol. The molecule has 1 fully saturated rings. The third-order valence-corrected chi connectivity index (χ3v) is 6.58. The number of rotatable bonds is 7. The van der Waals surface area contributed by atoms with Gasteiger partial charge in [0.25, 0.3) is 0 Å². The predicted octanol–water partition coefficient (Wildman–Crippen LogP) is 3.37. The van der Waals surface area contributed by atoms with E-state index in [1.54, 1.807) is 0 Å². The minimum Gasteiger partial charge on any atom is -0.378 e. The quantitative estimate of drug-likeness (QED) is 0.487. The van der Waals surface area contributed by atoms with Gasteiger partial charge in [0, 0.05) is 45.7 Å². The van der Waals surface area contributed by atoms with E-state index in [9.17, 15) is 14.9 Å². The molecule has 4 rings (SSSR count). The highest BCUT2D eigenvalue weighted by molar-refractivity contribution is 6.03. The van der Waals surface area contributed by atoms with E-state index in [1.807, 2.05) is 67.2 Å². The lowest BCUT2D eigenvalue weighted by molar-refractivity contribution is -0.124. The van der Waals surface area contributed by atoms with Gasteiger partial charge in [-0.3, -0.25) is 9.59 Å². The van der Waals surface area contributed by atoms with Gasteiger partial charge < -0.3 is 24.8 Å². The molecule has 0 bridgehead atoms. The number of carbonyl (C=O) groups excluding carboxylic acids is 2. The Morgan fingerprint density at radius 3 is 2.17 bits per heavy atom. The minimum atomic E-state index is -0.341. The number of ether oxygens (including phenoxy) is 1. The van der Waals surface area contributed by atoms with Gasteiger partial charge in [0.1, 0.15) is 17.5 Å². The van der Waals surface area contributed by atoms with Crippen molar-refractivity contribution in [2.45, 2.75) is 25.8 Å². The lowest BCUT2D eigenvalue weighted by Gasteiger charge is -2.29. The molecule has 2 aliphatic rings. The van der Waals surface area contributed by atoms with Gasteiger partial charge in [-0.1, -0.05) is 24.3 Å². The summed E-state index contributed by atoms with van der Waals surface area (Å²) < 4.78 is 5.40. The first kappa shape index (κ1) is 24.3. The van der Waals surface area contributed by atoms with Crippen molar-refractivity contribution in [3.05, 3.63) is 65.5 Å². The molecular weight excluding hydrogens is 442 g/mol. The van der Waals surface area contributed by atoms with Gasteiger partial charge >= 0.3 is 0 Å². The number of fused-ring (bicyclic) bond motifs is 1. The Kier molecular flexibility index (Phi) is 7.37. The number of allylic oxidation sites excluding steroid dienone is 1. The summed E-state index contributed by atoms with van der Waals surface area (Å²) in [6, 6.07) is 17.8. The minimum absolute atomic E-state index is 0.0217. The largest absolute Gasteiger partial charge is 0.378 e. The normalized spacial score (nSPS) is 15.9. The van der Waals surface area contributed by atoms with E-state index >= 15 is 0 Å². The van der Waals surface area contributed by atoms with Gasteiger partial charge in [-0.25, -0.2) is 0 Å². The summed E-state index contributed by atoms with van der Waals surface area (Å²) in [5.74, 6) is -0.0266. The Morgan fingerprint density at radius 1 is 1.00 bits per heavy atom. The molecule has 35 heavy (non-hydrogen) atoms. The van der Waals surface area contributed by atoms with Crippen LogP contribution in [-0.4, -0.2) is 52.1 Å². The molecule has 2 aromatic carbocycles. The van der Waals surface area contributed by atoms with E-state index in [4.69, 9.17) is 4.74 Å².